The first-order valence-electron chi connectivity index (χ1n) is 8.17. The van der Waals surface area contributed by atoms with Crippen LogP contribution in [0, 0.1) is 29.6 Å². The molecule has 0 aliphatic carbocycles. The van der Waals surface area contributed by atoms with Crippen LogP contribution in [0.1, 0.15) is 11.1 Å². The zero-order valence-corrected chi connectivity index (χ0v) is 15.3. The summed E-state index contributed by atoms with van der Waals surface area (Å²) < 4.78 is 1.79. The van der Waals surface area contributed by atoms with E-state index in [4.69, 9.17) is 16.9 Å². The number of hydrogen-bond donors (Lipinski definition) is 1. The number of nitrogens with one attached hydrogen (secondary N) is 1. The van der Waals surface area contributed by atoms with E-state index in [-0.39, 0.29) is 12.1 Å². The molecule has 0 radical (unpaired) electrons. The van der Waals surface area contributed by atoms with Crippen LogP contribution in [0.5, 0.6) is 0 Å². The van der Waals surface area contributed by atoms with E-state index in [1.807, 2.05) is 37.3 Å². The van der Waals surface area contributed by atoms with Crippen molar-refractivity contribution in [3.05, 3.63) is 70.4 Å². The van der Waals surface area contributed by atoms with Gasteiger partial charge in [0.1, 0.15) is 18.2 Å². The molecule has 2 aromatic carbocycles. The Morgan fingerprint density at radius 1 is 1.26 bits per heavy atom. The van der Waals surface area contributed by atoms with Crippen molar-refractivity contribution in [1.29, 1.82) is 10.5 Å². The molecule has 0 aliphatic rings. The second kappa shape index (κ2) is 7.78. The van der Waals surface area contributed by atoms with Crippen LogP contribution in [0.2, 0.25) is 5.02 Å². The first-order valence-corrected chi connectivity index (χ1v) is 8.55. The molecule has 3 rings (SSSR count). The van der Waals surface area contributed by atoms with Gasteiger partial charge in [-0.2, -0.15) is 10.5 Å². The zero-order valence-electron chi connectivity index (χ0n) is 14.5. The van der Waals surface area contributed by atoms with E-state index in [1.54, 1.807) is 29.0 Å². The third kappa shape index (κ3) is 3.84. The number of carbonyl (C=O) groups excluding carboxylic acids is 1. The highest BCUT2D eigenvalue weighted by molar-refractivity contribution is 6.31. The molecule has 0 fully saturated rings. The Kier molecular flexibility index (Phi) is 5.26. The number of aryl methyl sites for hydroxylation is 1. The number of carbonyl (C=O) groups is 1. The topological polar surface area (TPSA) is 81.6 Å². The fourth-order valence-corrected chi connectivity index (χ4v) is 2.99. The summed E-state index contributed by atoms with van der Waals surface area (Å²) in [7, 11) is 0. The summed E-state index contributed by atoms with van der Waals surface area (Å²) in [4.78, 5) is 12.6. The number of nitrogens with zero attached hydrogens (tertiary/aromatic N) is 3. The van der Waals surface area contributed by atoms with Gasteiger partial charge in [0.05, 0.1) is 6.07 Å². The van der Waals surface area contributed by atoms with Gasteiger partial charge in [0, 0.05) is 33.4 Å². The van der Waals surface area contributed by atoms with Gasteiger partial charge in [-0.05, 0) is 36.8 Å². The second-order valence-electron chi connectivity index (χ2n) is 5.97. The summed E-state index contributed by atoms with van der Waals surface area (Å²) in [6.07, 6.45) is 3.30. The molecular formula is C21H15ClN4O. The number of fused-ring (bicyclic) bond motifs is 1. The van der Waals surface area contributed by atoms with Gasteiger partial charge in [0.2, 0.25) is 0 Å². The largest absolute Gasteiger partial charge is 0.333 e. The Bertz CT molecular complexity index is 1150. The molecule has 0 atom stereocenters. The van der Waals surface area contributed by atoms with Gasteiger partial charge in [-0.15, -0.1) is 0 Å². The van der Waals surface area contributed by atoms with E-state index >= 15 is 0 Å². The van der Waals surface area contributed by atoms with Gasteiger partial charge in [-0.25, -0.2) is 0 Å². The number of anilines is 1. The standard InChI is InChI=1S/C21H15ClN4O/c1-14-6-7-17(22)11-19(14)25-21(27)15(12-24)10-16-13-26(9-8-23)20-5-3-2-4-18(16)20/h2-7,10-11,13H,9H2,1H3,(H,25,27)/b15-10-. The van der Waals surface area contributed by atoms with Crippen LogP contribution >= 0.6 is 11.6 Å². The van der Waals surface area contributed by atoms with Crippen molar-refractivity contribution in [1.82, 2.24) is 4.57 Å². The van der Waals surface area contributed by atoms with Gasteiger partial charge in [-0.3, -0.25) is 4.79 Å². The molecular weight excluding hydrogens is 360 g/mol. The molecule has 0 aliphatic heterocycles. The molecule has 0 saturated carbocycles. The lowest BCUT2D eigenvalue weighted by atomic mass is 10.1. The van der Waals surface area contributed by atoms with Gasteiger partial charge in [-0.1, -0.05) is 35.9 Å². The lowest BCUT2D eigenvalue weighted by Gasteiger charge is -2.08. The highest BCUT2D eigenvalue weighted by Gasteiger charge is 2.13. The van der Waals surface area contributed by atoms with Crippen LogP contribution in [0.25, 0.3) is 17.0 Å². The van der Waals surface area contributed by atoms with Crippen LogP contribution in [-0.2, 0) is 11.3 Å². The van der Waals surface area contributed by atoms with Crippen molar-refractivity contribution in [2.45, 2.75) is 13.5 Å². The lowest BCUT2D eigenvalue weighted by Crippen LogP contribution is -2.14. The van der Waals surface area contributed by atoms with Crippen molar-refractivity contribution < 1.29 is 4.79 Å². The van der Waals surface area contributed by atoms with Gasteiger partial charge < -0.3 is 9.88 Å². The van der Waals surface area contributed by atoms with E-state index in [2.05, 4.69) is 11.4 Å². The molecule has 132 valence electrons. The van der Waals surface area contributed by atoms with E-state index < -0.39 is 5.91 Å². The predicted octanol–water partition coefficient (Wildman–Crippen LogP) is 4.67. The molecule has 5 nitrogen and oxygen atoms in total. The number of hydrogen-bond acceptors (Lipinski definition) is 3. The van der Waals surface area contributed by atoms with E-state index in [9.17, 15) is 10.1 Å². The minimum Gasteiger partial charge on any atom is -0.333 e. The molecule has 0 saturated heterocycles. The number of amides is 1. The molecule has 0 spiro atoms. The van der Waals surface area contributed by atoms with E-state index in [0.29, 0.717) is 16.3 Å². The summed E-state index contributed by atoms with van der Waals surface area (Å²) in [5.74, 6) is -0.514. The van der Waals surface area contributed by atoms with Gasteiger partial charge in [0.15, 0.2) is 0 Å². The van der Waals surface area contributed by atoms with Gasteiger partial charge in [0.25, 0.3) is 5.91 Å². The third-order valence-electron chi connectivity index (χ3n) is 4.17. The molecule has 0 unspecified atom stereocenters. The third-order valence-corrected chi connectivity index (χ3v) is 4.41. The molecule has 27 heavy (non-hydrogen) atoms. The number of aromatic nitrogens is 1. The minimum atomic E-state index is -0.514. The van der Waals surface area contributed by atoms with E-state index in [1.165, 1.54) is 6.08 Å². The monoisotopic (exact) mass is 374 g/mol. The highest BCUT2D eigenvalue weighted by Crippen LogP contribution is 2.25. The average Bonchev–Trinajstić information content (AvgIpc) is 3.00. The lowest BCUT2D eigenvalue weighted by molar-refractivity contribution is -0.112. The van der Waals surface area contributed by atoms with Crippen molar-refractivity contribution in [2.75, 3.05) is 5.32 Å². The summed E-state index contributed by atoms with van der Waals surface area (Å²) in [5, 5.41) is 22.6. The molecule has 6 heteroatoms. The summed E-state index contributed by atoms with van der Waals surface area (Å²) >= 11 is 5.98. The summed E-state index contributed by atoms with van der Waals surface area (Å²) in [6, 6.07) is 16.8. The quantitative estimate of drug-likeness (QED) is 0.532. The van der Waals surface area contributed by atoms with Gasteiger partial charge >= 0.3 is 0 Å². The molecule has 1 aromatic heterocycles. The summed E-state index contributed by atoms with van der Waals surface area (Å²) in [5.41, 5.74) is 2.94. The number of benzene rings is 2. The van der Waals surface area contributed by atoms with E-state index in [0.717, 1.165) is 16.5 Å². The summed E-state index contributed by atoms with van der Waals surface area (Å²) in [6.45, 7) is 2.03. The highest BCUT2D eigenvalue weighted by atomic mass is 35.5. The van der Waals surface area contributed by atoms with Crippen molar-refractivity contribution in [2.24, 2.45) is 0 Å². The van der Waals surface area contributed by atoms with Crippen molar-refractivity contribution in [3.63, 3.8) is 0 Å². The maximum absolute atomic E-state index is 12.6. The number of para-hydroxylation sites is 1. The Morgan fingerprint density at radius 2 is 2.04 bits per heavy atom. The Balaban J connectivity index is 1.98. The zero-order chi connectivity index (χ0) is 19.4. The van der Waals surface area contributed by atoms with Crippen LogP contribution in [0.4, 0.5) is 5.69 Å². The number of rotatable bonds is 4. The fourth-order valence-electron chi connectivity index (χ4n) is 2.82. The Hall–Kier alpha value is -3.54. The SMILES string of the molecule is Cc1ccc(Cl)cc1NC(=O)/C(C#N)=C\c1cn(CC#N)c2ccccc12. The Labute approximate surface area is 161 Å². The number of halogens is 1. The van der Waals surface area contributed by atoms with Crippen LogP contribution < -0.4 is 5.32 Å². The Morgan fingerprint density at radius 3 is 2.78 bits per heavy atom. The first kappa shape index (κ1) is 18.3. The molecule has 1 N–H and O–H groups in total. The first-order chi connectivity index (χ1) is 13.0. The fraction of sp³-hybridized carbons (Fsp3) is 0.0952. The average molecular weight is 375 g/mol. The van der Waals surface area contributed by atoms with Crippen molar-refractivity contribution in [3.8, 4) is 12.1 Å². The molecule has 1 amide bonds. The predicted molar refractivity (Wildman–Crippen MR) is 106 cm³/mol. The van der Waals surface area contributed by atoms with Crippen LogP contribution in [-0.4, -0.2) is 10.5 Å². The minimum absolute atomic E-state index is 0.0331. The van der Waals surface area contributed by atoms with Crippen molar-refractivity contribution >= 4 is 40.2 Å². The maximum atomic E-state index is 12.6. The molecule has 3 aromatic rings. The second-order valence-corrected chi connectivity index (χ2v) is 6.41. The van der Waals surface area contributed by atoms with Crippen LogP contribution in [0.15, 0.2) is 54.2 Å². The molecule has 1 heterocycles. The maximum Gasteiger partial charge on any atom is 0.266 e. The number of nitriles is 2. The molecule has 0 bridgehead atoms. The van der Waals surface area contributed by atoms with Crippen LogP contribution in [0.3, 0.4) is 0 Å². The smallest absolute Gasteiger partial charge is 0.266 e. The normalized spacial score (nSPS) is 11.0.